The van der Waals surface area contributed by atoms with E-state index >= 15 is 0 Å². The van der Waals surface area contributed by atoms with Crippen molar-refractivity contribution in [2.75, 3.05) is 13.7 Å². The number of carbonyl (C=O) groups is 2. The Balaban J connectivity index is 1.46. The topological polar surface area (TPSA) is 97.6 Å². The van der Waals surface area contributed by atoms with Gasteiger partial charge in [0.25, 0.3) is 0 Å². The average Bonchev–Trinajstić information content (AvgIpc) is 3.25. The van der Waals surface area contributed by atoms with E-state index in [4.69, 9.17) is 9.37 Å². The van der Waals surface area contributed by atoms with E-state index in [1.807, 2.05) is 24.0 Å². The second-order valence-electron chi connectivity index (χ2n) is 6.66. The second kappa shape index (κ2) is 8.77. The van der Waals surface area contributed by atoms with Gasteiger partial charge in [-0.25, -0.2) is 9.42 Å². The Labute approximate surface area is 157 Å². The van der Waals surface area contributed by atoms with Gasteiger partial charge in [-0.3, -0.25) is 4.79 Å². The number of amides is 1. The third kappa shape index (κ3) is 4.71. The zero-order chi connectivity index (χ0) is 19.2. The number of rotatable bonds is 8. The minimum absolute atomic E-state index is 0.154. The highest BCUT2D eigenvalue weighted by atomic mass is 16.6. The molecule has 2 heterocycles. The fourth-order valence-electron chi connectivity index (χ4n) is 3.24. The maximum absolute atomic E-state index is 12.2. The Morgan fingerprint density at radius 1 is 1.33 bits per heavy atom. The minimum Gasteiger partial charge on any atom is -0.465 e. The summed E-state index contributed by atoms with van der Waals surface area (Å²) in [4.78, 5) is 25.5. The van der Waals surface area contributed by atoms with Gasteiger partial charge in [0, 0.05) is 19.0 Å². The van der Waals surface area contributed by atoms with E-state index in [9.17, 15) is 9.59 Å². The summed E-state index contributed by atoms with van der Waals surface area (Å²) in [6.45, 7) is 3.78. The lowest BCUT2D eigenvalue weighted by molar-refractivity contribution is -0.129. The molecule has 0 radical (unpaired) electrons. The quantitative estimate of drug-likeness (QED) is 0.558. The van der Waals surface area contributed by atoms with Gasteiger partial charge in [-0.1, -0.05) is 22.4 Å². The molecule has 3 rings (SSSR count). The van der Waals surface area contributed by atoms with E-state index in [0.29, 0.717) is 30.8 Å². The highest BCUT2D eigenvalue weighted by Crippen LogP contribution is 2.23. The Bertz CT molecular complexity index is 787. The number of hydrogen-bond acceptors (Lipinski definition) is 7. The number of aromatic nitrogens is 2. The van der Waals surface area contributed by atoms with Crippen molar-refractivity contribution < 1.29 is 19.0 Å². The third-order valence-corrected chi connectivity index (χ3v) is 4.88. The van der Waals surface area contributed by atoms with Gasteiger partial charge in [0.2, 0.25) is 5.91 Å². The maximum Gasteiger partial charge on any atom is 0.337 e. The van der Waals surface area contributed by atoms with Crippen LogP contribution in [0.4, 0.5) is 0 Å². The summed E-state index contributed by atoms with van der Waals surface area (Å²) >= 11 is 0. The van der Waals surface area contributed by atoms with Crippen molar-refractivity contribution in [2.24, 2.45) is 0 Å². The van der Waals surface area contributed by atoms with Crippen molar-refractivity contribution in [2.45, 2.75) is 45.3 Å². The van der Waals surface area contributed by atoms with Crippen LogP contribution in [-0.2, 0) is 22.6 Å². The van der Waals surface area contributed by atoms with Crippen LogP contribution in [0.3, 0.4) is 0 Å². The first-order valence-electron chi connectivity index (χ1n) is 9.04. The SMILES string of the molecule is COC(=O)c1ccc(CNCC[C@H]2CCC(=O)N2Cc2nonc2C)cc1. The van der Waals surface area contributed by atoms with Crippen LogP contribution in [0.15, 0.2) is 28.9 Å². The number of aryl methyl sites for hydroxylation is 1. The molecular formula is C19H24N4O4. The van der Waals surface area contributed by atoms with Crippen LogP contribution in [0.5, 0.6) is 0 Å². The van der Waals surface area contributed by atoms with Crippen LogP contribution in [0.2, 0.25) is 0 Å². The predicted octanol–water partition coefficient (Wildman–Crippen LogP) is 1.84. The standard InChI is InChI=1S/C19H24N4O4/c1-13-17(22-27-21-13)12-23-16(7-8-18(23)24)9-10-20-11-14-3-5-15(6-4-14)19(25)26-2/h3-6,16,20H,7-12H2,1-2H3/t16-/m1/s1. The van der Waals surface area contributed by atoms with Crippen LogP contribution in [0.1, 0.15) is 46.6 Å². The smallest absolute Gasteiger partial charge is 0.337 e. The van der Waals surface area contributed by atoms with Gasteiger partial charge in [0.1, 0.15) is 11.4 Å². The van der Waals surface area contributed by atoms with Crippen molar-refractivity contribution in [3.05, 3.63) is 46.8 Å². The van der Waals surface area contributed by atoms with Crippen molar-refractivity contribution in [1.82, 2.24) is 20.5 Å². The Morgan fingerprint density at radius 3 is 2.78 bits per heavy atom. The van der Waals surface area contributed by atoms with Crippen LogP contribution in [0, 0.1) is 6.92 Å². The van der Waals surface area contributed by atoms with Gasteiger partial charge < -0.3 is 15.0 Å². The number of esters is 1. The number of carbonyl (C=O) groups excluding carboxylic acids is 2. The van der Waals surface area contributed by atoms with Crippen molar-refractivity contribution in [1.29, 1.82) is 0 Å². The summed E-state index contributed by atoms with van der Waals surface area (Å²) in [6.07, 6.45) is 2.30. The van der Waals surface area contributed by atoms with E-state index < -0.39 is 0 Å². The first-order valence-corrected chi connectivity index (χ1v) is 9.04. The molecule has 1 aromatic carbocycles. The Kier molecular flexibility index (Phi) is 6.18. The van der Waals surface area contributed by atoms with Crippen LogP contribution >= 0.6 is 0 Å². The lowest BCUT2D eigenvalue weighted by atomic mass is 10.1. The predicted molar refractivity (Wildman–Crippen MR) is 96.7 cm³/mol. The minimum atomic E-state index is -0.335. The first-order chi connectivity index (χ1) is 13.1. The molecule has 1 aromatic heterocycles. The molecule has 1 N–H and O–H groups in total. The fraction of sp³-hybridized carbons (Fsp3) is 0.474. The van der Waals surface area contributed by atoms with Gasteiger partial charge >= 0.3 is 5.97 Å². The van der Waals surface area contributed by atoms with Crippen LogP contribution < -0.4 is 5.32 Å². The van der Waals surface area contributed by atoms with E-state index in [1.165, 1.54) is 7.11 Å². The average molecular weight is 372 g/mol. The summed E-state index contributed by atoms with van der Waals surface area (Å²) in [6, 6.07) is 7.53. The van der Waals surface area contributed by atoms with Crippen molar-refractivity contribution in [3.63, 3.8) is 0 Å². The fourth-order valence-corrected chi connectivity index (χ4v) is 3.24. The van der Waals surface area contributed by atoms with Crippen molar-refractivity contribution >= 4 is 11.9 Å². The van der Waals surface area contributed by atoms with Gasteiger partial charge in [-0.05, 0) is 44.0 Å². The lowest BCUT2D eigenvalue weighted by Crippen LogP contribution is -2.35. The molecule has 0 unspecified atom stereocenters. The first kappa shape index (κ1) is 19.0. The third-order valence-electron chi connectivity index (χ3n) is 4.88. The molecule has 0 saturated carbocycles. The number of ether oxygens (including phenoxy) is 1. The Hall–Kier alpha value is -2.74. The summed E-state index contributed by atoms with van der Waals surface area (Å²) in [5.41, 5.74) is 3.07. The summed E-state index contributed by atoms with van der Waals surface area (Å²) in [5, 5.41) is 11.1. The number of nitrogens with zero attached hydrogens (tertiary/aromatic N) is 3. The molecule has 0 aliphatic carbocycles. The molecule has 1 fully saturated rings. The van der Waals surface area contributed by atoms with Gasteiger partial charge in [0.15, 0.2) is 0 Å². The molecule has 1 saturated heterocycles. The maximum atomic E-state index is 12.2. The molecule has 27 heavy (non-hydrogen) atoms. The van der Waals surface area contributed by atoms with Crippen LogP contribution in [0.25, 0.3) is 0 Å². The van der Waals surface area contributed by atoms with E-state index in [1.54, 1.807) is 12.1 Å². The molecule has 1 atom stereocenters. The lowest BCUT2D eigenvalue weighted by Gasteiger charge is -2.24. The van der Waals surface area contributed by atoms with Gasteiger partial charge in [-0.15, -0.1) is 0 Å². The molecule has 8 heteroatoms. The number of hydrogen-bond donors (Lipinski definition) is 1. The number of methoxy groups -OCH3 is 1. The molecule has 1 amide bonds. The molecule has 144 valence electrons. The summed E-state index contributed by atoms with van der Waals surface area (Å²) < 4.78 is 9.42. The zero-order valence-electron chi connectivity index (χ0n) is 15.6. The molecule has 1 aliphatic rings. The van der Waals surface area contributed by atoms with E-state index in [0.717, 1.165) is 30.6 Å². The second-order valence-corrected chi connectivity index (χ2v) is 6.66. The number of likely N-dealkylation sites (tertiary alicyclic amines) is 1. The normalized spacial score (nSPS) is 16.7. The van der Waals surface area contributed by atoms with E-state index in [-0.39, 0.29) is 17.9 Å². The molecule has 0 spiro atoms. The molecule has 0 bridgehead atoms. The summed E-state index contributed by atoms with van der Waals surface area (Å²) in [7, 11) is 1.37. The molecule has 8 nitrogen and oxygen atoms in total. The highest BCUT2D eigenvalue weighted by Gasteiger charge is 2.31. The number of benzene rings is 1. The van der Waals surface area contributed by atoms with Gasteiger partial charge in [-0.2, -0.15) is 0 Å². The number of nitrogens with one attached hydrogen (secondary N) is 1. The molecular weight excluding hydrogens is 348 g/mol. The summed E-state index contributed by atoms with van der Waals surface area (Å²) in [5.74, 6) is -0.182. The van der Waals surface area contributed by atoms with Gasteiger partial charge in [0.05, 0.1) is 19.2 Å². The molecule has 1 aliphatic heterocycles. The largest absolute Gasteiger partial charge is 0.465 e. The van der Waals surface area contributed by atoms with E-state index in [2.05, 4.69) is 15.6 Å². The zero-order valence-corrected chi connectivity index (χ0v) is 15.6. The van der Waals surface area contributed by atoms with Crippen LogP contribution in [-0.4, -0.2) is 46.8 Å². The van der Waals surface area contributed by atoms with Crippen molar-refractivity contribution in [3.8, 4) is 0 Å². The molecule has 2 aromatic rings. The Morgan fingerprint density at radius 2 is 2.11 bits per heavy atom. The monoisotopic (exact) mass is 372 g/mol. The highest BCUT2D eigenvalue weighted by molar-refractivity contribution is 5.89.